The van der Waals surface area contributed by atoms with E-state index in [4.69, 9.17) is 5.73 Å². The van der Waals surface area contributed by atoms with E-state index in [9.17, 15) is 0 Å². The average Bonchev–Trinajstić information content (AvgIpc) is 2.20. The standard InChI is InChI=1S/C12H20N4/c1-9-3-5-16(6-4-9)8-12-14-10(2)7-11(13)15-12/h7,9H,3-6,8H2,1-2H3,(H2,13,14,15). The quantitative estimate of drug-likeness (QED) is 0.822. The molecule has 0 saturated carbocycles. The summed E-state index contributed by atoms with van der Waals surface area (Å²) in [4.78, 5) is 11.1. The van der Waals surface area contributed by atoms with Crippen LogP contribution in [0, 0.1) is 12.8 Å². The molecule has 1 aromatic rings. The smallest absolute Gasteiger partial charge is 0.144 e. The first-order valence-electron chi connectivity index (χ1n) is 5.96. The lowest BCUT2D eigenvalue weighted by atomic mass is 9.99. The fraction of sp³-hybridized carbons (Fsp3) is 0.667. The molecule has 1 fully saturated rings. The topological polar surface area (TPSA) is 55.0 Å². The molecular weight excluding hydrogens is 200 g/mol. The molecule has 0 aliphatic carbocycles. The molecule has 4 heteroatoms. The Morgan fingerprint density at radius 1 is 1.38 bits per heavy atom. The van der Waals surface area contributed by atoms with E-state index in [1.54, 1.807) is 0 Å². The van der Waals surface area contributed by atoms with Crippen LogP contribution in [0.3, 0.4) is 0 Å². The lowest BCUT2D eigenvalue weighted by molar-refractivity contribution is 0.181. The van der Waals surface area contributed by atoms with Crippen molar-refractivity contribution in [1.29, 1.82) is 0 Å². The van der Waals surface area contributed by atoms with Crippen LogP contribution < -0.4 is 5.73 Å². The first kappa shape index (κ1) is 11.3. The number of hydrogen-bond acceptors (Lipinski definition) is 4. The van der Waals surface area contributed by atoms with Crippen LogP contribution >= 0.6 is 0 Å². The van der Waals surface area contributed by atoms with Gasteiger partial charge in [-0.05, 0) is 38.8 Å². The van der Waals surface area contributed by atoms with Crippen LogP contribution in [0.4, 0.5) is 5.82 Å². The second-order valence-electron chi connectivity index (χ2n) is 4.81. The number of nitrogens with two attached hydrogens (primary N) is 1. The molecule has 0 atom stereocenters. The predicted octanol–water partition coefficient (Wildman–Crippen LogP) is 1.60. The van der Waals surface area contributed by atoms with E-state index < -0.39 is 0 Å². The normalized spacial score (nSPS) is 18.9. The second-order valence-corrected chi connectivity index (χ2v) is 4.81. The Morgan fingerprint density at radius 2 is 2.06 bits per heavy atom. The molecule has 1 aromatic heterocycles. The van der Waals surface area contributed by atoms with Crippen molar-refractivity contribution >= 4 is 5.82 Å². The van der Waals surface area contributed by atoms with Crippen LogP contribution in [-0.4, -0.2) is 28.0 Å². The molecule has 2 heterocycles. The number of anilines is 1. The fourth-order valence-electron chi connectivity index (χ4n) is 2.15. The zero-order valence-corrected chi connectivity index (χ0v) is 10.1. The zero-order chi connectivity index (χ0) is 11.5. The fourth-order valence-corrected chi connectivity index (χ4v) is 2.15. The third-order valence-electron chi connectivity index (χ3n) is 3.16. The Bertz CT molecular complexity index is 336. The number of rotatable bonds is 2. The number of nitrogens with zero attached hydrogens (tertiary/aromatic N) is 3. The Labute approximate surface area is 96.9 Å². The van der Waals surface area contributed by atoms with Gasteiger partial charge in [0, 0.05) is 11.8 Å². The molecule has 0 bridgehead atoms. The third-order valence-corrected chi connectivity index (χ3v) is 3.16. The van der Waals surface area contributed by atoms with Gasteiger partial charge < -0.3 is 5.73 Å². The number of likely N-dealkylation sites (tertiary alicyclic amines) is 1. The van der Waals surface area contributed by atoms with Crippen LogP contribution in [0.2, 0.25) is 0 Å². The van der Waals surface area contributed by atoms with Crippen LogP contribution in [0.15, 0.2) is 6.07 Å². The zero-order valence-electron chi connectivity index (χ0n) is 10.1. The Balaban J connectivity index is 1.98. The van der Waals surface area contributed by atoms with Crippen molar-refractivity contribution in [3.8, 4) is 0 Å². The maximum Gasteiger partial charge on any atom is 0.144 e. The monoisotopic (exact) mass is 220 g/mol. The lowest BCUT2D eigenvalue weighted by Crippen LogP contribution is -2.33. The molecule has 0 spiro atoms. The van der Waals surface area contributed by atoms with E-state index in [0.29, 0.717) is 5.82 Å². The third kappa shape index (κ3) is 2.92. The van der Waals surface area contributed by atoms with E-state index in [0.717, 1.165) is 37.1 Å². The van der Waals surface area contributed by atoms with Gasteiger partial charge in [-0.1, -0.05) is 6.92 Å². The van der Waals surface area contributed by atoms with Crippen molar-refractivity contribution in [2.24, 2.45) is 5.92 Å². The van der Waals surface area contributed by atoms with Crippen LogP contribution in [0.5, 0.6) is 0 Å². The largest absolute Gasteiger partial charge is 0.384 e. The molecule has 0 radical (unpaired) electrons. The summed E-state index contributed by atoms with van der Waals surface area (Å²) in [6.45, 7) is 7.41. The molecular formula is C12H20N4. The summed E-state index contributed by atoms with van der Waals surface area (Å²) < 4.78 is 0. The van der Waals surface area contributed by atoms with E-state index in [-0.39, 0.29) is 0 Å². The Hall–Kier alpha value is -1.16. The van der Waals surface area contributed by atoms with E-state index in [1.807, 2.05) is 13.0 Å². The number of aryl methyl sites for hydroxylation is 1. The number of nitrogen functional groups attached to an aromatic ring is 1. The molecule has 1 aliphatic heterocycles. The summed E-state index contributed by atoms with van der Waals surface area (Å²) in [5.74, 6) is 2.29. The first-order valence-corrected chi connectivity index (χ1v) is 5.96. The van der Waals surface area contributed by atoms with Gasteiger partial charge in [-0.2, -0.15) is 0 Å². The Kier molecular flexibility index (Phi) is 3.39. The lowest BCUT2D eigenvalue weighted by Gasteiger charge is -2.29. The van der Waals surface area contributed by atoms with Crippen LogP contribution in [-0.2, 0) is 6.54 Å². The highest BCUT2D eigenvalue weighted by Gasteiger charge is 2.16. The van der Waals surface area contributed by atoms with Crippen molar-refractivity contribution in [1.82, 2.24) is 14.9 Å². The van der Waals surface area contributed by atoms with Gasteiger partial charge in [-0.25, -0.2) is 9.97 Å². The number of piperidine rings is 1. The minimum Gasteiger partial charge on any atom is -0.384 e. The molecule has 4 nitrogen and oxygen atoms in total. The van der Waals surface area contributed by atoms with Crippen LogP contribution in [0.1, 0.15) is 31.3 Å². The molecule has 2 rings (SSSR count). The first-order chi connectivity index (χ1) is 7.63. The summed E-state index contributed by atoms with van der Waals surface area (Å²) in [6, 6.07) is 1.81. The van der Waals surface area contributed by atoms with Gasteiger partial charge in [0.05, 0.1) is 6.54 Å². The van der Waals surface area contributed by atoms with Gasteiger partial charge in [-0.15, -0.1) is 0 Å². The summed E-state index contributed by atoms with van der Waals surface area (Å²) in [7, 11) is 0. The van der Waals surface area contributed by atoms with Crippen molar-refractivity contribution in [3.05, 3.63) is 17.6 Å². The predicted molar refractivity (Wildman–Crippen MR) is 64.9 cm³/mol. The van der Waals surface area contributed by atoms with Crippen molar-refractivity contribution in [3.63, 3.8) is 0 Å². The molecule has 2 N–H and O–H groups in total. The summed E-state index contributed by atoms with van der Waals surface area (Å²) in [5.41, 5.74) is 6.67. The van der Waals surface area contributed by atoms with E-state index in [1.165, 1.54) is 12.8 Å². The molecule has 0 aromatic carbocycles. The summed E-state index contributed by atoms with van der Waals surface area (Å²) >= 11 is 0. The van der Waals surface area contributed by atoms with Crippen molar-refractivity contribution in [2.45, 2.75) is 33.2 Å². The minimum atomic E-state index is 0.577. The maximum absolute atomic E-state index is 5.72. The highest BCUT2D eigenvalue weighted by Crippen LogP contribution is 2.17. The van der Waals surface area contributed by atoms with Gasteiger partial charge >= 0.3 is 0 Å². The van der Waals surface area contributed by atoms with Crippen molar-refractivity contribution in [2.75, 3.05) is 18.8 Å². The van der Waals surface area contributed by atoms with Gasteiger partial charge in [0.2, 0.25) is 0 Å². The maximum atomic E-state index is 5.72. The Morgan fingerprint density at radius 3 is 2.69 bits per heavy atom. The number of hydrogen-bond donors (Lipinski definition) is 1. The average molecular weight is 220 g/mol. The van der Waals surface area contributed by atoms with Gasteiger partial charge in [0.1, 0.15) is 11.6 Å². The van der Waals surface area contributed by atoms with E-state index in [2.05, 4.69) is 21.8 Å². The summed E-state index contributed by atoms with van der Waals surface area (Å²) in [5, 5.41) is 0. The van der Waals surface area contributed by atoms with Crippen molar-refractivity contribution < 1.29 is 0 Å². The van der Waals surface area contributed by atoms with Gasteiger partial charge in [0.15, 0.2) is 0 Å². The van der Waals surface area contributed by atoms with Crippen LogP contribution in [0.25, 0.3) is 0 Å². The molecule has 16 heavy (non-hydrogen) atoms. The molecule has 1 aliphatic rings. The molecule has 1 saturated heterocycles. The molecule has 88 valence electrons. The molecule has 0 unspecified atom stereocenters. The summed E-state index contributed by atoms with van der Waals surface area (Å²) in [6.07, 6.45) is 2.56. The SMILES string of the molecule is Cc1cc(N)nc(CN2CCC(C)CC2)n1. The van der Waals surface area contributed by atoms with Gasteiger partial charge in [0.25, 0.3) is 0 Å². The van der Waals surface area contributed by atoms with Gasteiger partial charge in [-0.3, -0.25) is 4.90 Å². The highest BCUT2D eigenvalue weighted by molar-refractivity contribution is 5.29. The number of aromatic nitrogens is 2. The highest BCUT2D eigenvalue weighted by atomic mass is 15.2. The van der Waals surface area contributed by atoms with E-state index >= 15 is 0 Å². The second kappa shape index (κ2) is 4.78. The minimum absolute atomic E-state index is 0.577. The molecule has 0 amide bonds.